The number of rotatable bonds is 9. The molecule has 2 amide bonds. The van der Waals surface area contributed by atoms with Crippen molar-refractivity contribution in [2.75, 3.05) is 45.9 Å². The monoisotopic (exact) mass is 415 g/mol. The molecule has 166 valence electrons. The van der Waals surface area contributed by atoms with Crippen molar-refractivity contribution in [2.24, 2.45) is 5.92 Å². The van der Waals surface area contributed by atoms with Crippen LogP contribution in [-0.2, 0) is 16.1 Å². The summed E-state index contributed by atoms with van der Waals surface area (Å²) in [5.74, 6) is 0.0507. The minimum atomic E-state index is -0.0922. The van der Waals surface area contributed by atoms with Crippen molar-refractivity contribution >= 4 is 11.8 Å². The van der Waals surface area contributed by atoms with Gasteiger partial charge in [0.2, 0.25) is 5.91 Å². The Bertz CT molecular complexity index is 688. The van der Waals surface area contributed by atoms with Crippen molar-refractivity contribution in [1.29, 1.82) is 0 Å². The van der Waals surface area contributed by atoms with Gasteiger partial charge in [-0.3, -0.25) is 14.5 Å². The predicted octanol–water partition coefficient (Wildman–Crippen LogP) is 3.07. The van der Waals surface area contributed by atoms with Crippen LogP contribution in [0.4, 0.5) is 0 Å². The molecule has 2 saturated heterocycles. The number of unbranched alkanes of at least 4 members (excludes halogenated alkanes) is 3. The zero-order valence-corrected chi connectivity index (χ0v) is 18.4. The Labute approximate surface area is 180 Å². The molecule has 1 unspecified atom stereocenters. The van der Waals surface area contributed by atoms with E-state index in [1.807, 2.05) is 23.1 Å². The molecule has 6 nitrogen and oxygen atoms in total. The second kappa shape index (κ2) is 12.1. The van der Waals surface area contributed by atoms with E-state index in [2.05, 4.69) is 23.2 Å². The second-order valence-corrected chi connectivity index (χ2v) is 8.53. The van der Waals surface area contributed by atoms with E-state index in [0.29, 0.717) is 6.54 Å². The maximum atomic E-state index is 13.1. The molecule has 0 spiro atoms. The third-order valence-corrected chi connectivity index (χ3v) is 6.09. The number of carbonyl (C=O) groups excluding carboxylic acids is 2. The van der Waals surface area contributed by atoms with Crippen LogP contribution in [0.25, 0.3) is 0 Å². The Morgan fingerprint density at radius 3 is 2.77 bits per heavy atom. The molecule has 2 aliphatic rings. The summed E-state index contributed by atoms with van der Waals surface area (Å²) in [6, 6.07) is 7.95. The van der Waals surface area contributed by atoms with Gasteiger partial charge in [-0.15, -0.1) is 0 Å². The molecular weight excluding hydrogens is 378 g/mol. The Balaban J connectivity index is 1.51. The van der Waals surface area contributed by atoms with Gasteiger partial charge in [-0.05, 0) is 37.0 Å². The van der Waals surface area contributed by atoms with E-state index in [1.165, 1.54) is 12.8 Å². The summed E-state index contributed by atoms with van der Waals surface area (Å²) < 4.78 is 5.41. The Morgan fingerprint density at radius 2 is 1.97 bits per heavy atom. The van der Waals surface area contributed by atoms with E-state index in [9.17, 15) is 9.59 Å². The van der Waals surface area contributed by atoms with Crippen LogP contribution < -0.4 is 5.32 Å². The smallest absolute Gasteiger partial charge is 0.253 e. The quantitative estimate of drug-likeness (QED) is 0.630. The first-order valence-corrected chi connectivity index (χ1v) is 11.6. The lowest BCUT2D eigenvalue weighted by molar-refractivity contribution is -0.126. The Kier molecular flexibility index (Phi) is 9.15. The van der Waals surface area contributed by atoms with Crippen LogP contribution in [0, 0.1) is 5.92 Å². The highest BCUT2D eigenvalue weighted by Gasteiger charge is 2.28. The zero-order chi connectivity index (χ0) is 21.2. The minimum Gasteiger partial charge on any atom is -0.379 e. The molecule has 6 heteroatoms. The lowest BCUT2D eigenvalue weighted by Crippen LogP contribution is -2.45. The number of hydrogen-bond acceptors (Lipinski definition) is 4. The molecule has 0 radical (unpaired) electrons. The molecule has 2 fully saturated rings. The summed E-state index contributed by atoms with van der Waals surface area (Å²) in [5.41, 5.74) is 1.88. The summed E-state index contributed by atoms with van der Waals surface area (Å²) in [4.78, 5) is 29.9. The normalized spacial score (nSPS) is 20.2. The number of benzene rings is 1. The first kappa shape index (κ1) is 22.8. The second-order valence-electron chi connectivity index (χ2n) is 8.53. The van der Waals surface area contributed by atoms with Gasteiger partial charge in [-0.1, -0.05) is 38.3 Å². The fourth-order valence-electron chi connectivity index (χ4n) is 4.29. The average Bonchev–Trinajstić information content (AvgIpc) is 2.79. The summed E-state index contributed by atoms with van der Waals surface area (Å²) >= 11 is 0. The van der Waals surface area contributed by atoms with Crippen molar-refractivity contribution in [3.63, 3.8) is 0 Å². The number of piperidine rings is 1. The summed E-state index contributed by atoms with van der Waals surface area (Å²) in [7, 11) is 0. The van der Waals surface area contributed by atoms with Crippen LogP contribution in [0.15, 0.2) is 24.3 Å². The lowest BCUT2D eigenvalue weighted by atomic mass is 9.96. The number of carbonyl (C=O) groups is 2. The van der Waals surface area contributed by atoms with Crippen molar-refractivity contribution < 1.29 is 14.3 Å². The molecule has 1 aromatic carbocycles. The maximum absolute atomic E-state index is 13.1. The van der Waals surface area contributed by atoms with Crippen LogP contribution in [0.1, 0.15) is 61.4 Å². The van der Waals surface area contributed by atoms with Crippen molar-refractivity contribution in [3.8, 4) is 0 Å². The van der Waals surface area contributed by atoms with Gasteiger partial charge in [0.15, 0.2) is 0 Å². The summed E-state index contributed by atoms with van der Waals surface area (Å²) in [6.45, 7) is 8.42. The number of ether oxygens (including phenoxy) is 1. The van der Waals surface area contributed by atoms with Crippen LogP contribution >= 0.6 is 0 Å². The molecular formula is C24H37N3O3. The molecule has 3 rings (SSSR count). The molecule has 1 aromatic rings. The number of likely N-dealkylation sites (tertiary alicyclic amines) is 1. The topological polar surface area (TPSA) is 61.9 Å². The van der Waals surface area contributed by atoms with Crippen molar-refractivity contribution in [2.45, 2.75) is 52.0 Å². The van der Waals surface area contributed by atoms with Crippen molar-refractivity contribution in [3.05, 3.63) is 35.4 Å². The van der Waals surface area contributed by atoms with Crippen LogP contribution in [0.5, 0.6) is 0 Å². The molecule has 30 heavy (non-hydrogen) atoms. The SMILES string of the molecule is CCCCCCNC(=O)C1CCCN(C(=O)c2cccc(CN3CCOCC3)c2)C1. The molecule has 0 aromatic heterocycles. The molecule has 0 aliphatic carbocycles. The van der Waals surface area contributed by atoms with E-state index < -0.39 is 0 Å². The van der Waals surface area contributed by atoms with Gasteiger partial charge < -0.3 is 15.0 Å². The standard InChI is InChI=1S/C24H37N3O3/c1-2-3-4-5-11-25-23(28)22-10-7-12-27(19-22)24(29)21-9-6-8-20(17-21)18-26-13-15-30-16-14-26/h6,8-9,17,22H,2-5,7,10-16,18-19H2,1H3,(H,25,28). The molecule has 0 saturated carbocycles. The Morgan fingerprint density at radius 1 is 1.13 bits per heavy atom. The largest absolute Gasteiger partial charge is 0.379 e. The van der Waals surface area contributed by atoms with Crippen LogP contribution in [0.3, 0.4) is 0 Å². The lowest BCUT2D eigenvalue weighted by Gasteiger charge is -2.32. The third kappa shape index (κ3) is 6.81. The number of nitrogens with zero attached hydrogens (tertiary/aromatic N) is 2. The third-order valence-electron chi connectivity index (χ3n) is 6.09. The minimum absolute atomic E-state index is 0.0410. The zero-order valence-electron chi connectivity index (χ0n) is 18.4. The van der Waals surface area contributed by atoms with Crippen LogP contribution in [0.2, 0.25) is 0 Å². The van der Waals surface area contributed by atoms with Gasteiger partial charge in [-0.2, -0.15) is 0 Å². The summed E-state index contributed by atoms with van der Waals surface area (Å²) in [6.07, 6.45) is 6.35. The highest BCUT2D eigenvalue weighted by molar-refractivity contribution is 5.95. The highest BCUT2D eigenvalue weighted by Crippen LogP contribution is 2.20. The van der Waals surface area contributed by atoms with E-state index in [0.717, 1.165) is 82.7 Å². The van der Waals surface area contributed by atoms with E-state index in [4.69, 9.17) is 4.74 Å². The average molecular weight is 416 g/mol. The van der Waals surface area contributed by atoms with Gasteiger partial charge in [0, 0.05) is 44.8 Å². The fourth-order valence-corrected chi connectivity index (χ4v) is 4.29. The summed E-state index contributed by atoms with van der Waals surface area (Å²) in [5, 5.41) is 3.07. The van der Waals surface area contributed by atoms with E-state index in [-0.39, 0.29) is 17.7 Å². The number of amides is 2. The maximum Gasteiger partial charge on any atom is 0.253 e. The molecule has 1 N–H and O–H groups in total. The number of morpholine rings is 1. The van der Waals surface area contributed by atoms with Gasteiger partial charge in [0.1, 0.15) is 0 Å². The highest BCUT2D eigenvalue weighted by atomic mass is 16.5. The first-order valence-electron chi connectivity index (χ1n) is 11.6. The number of hydrogen-bond donors (Lipinski definition) is 1. The van der Waals surface area contributed by atoms with Gasteiger partial charge in [0.05, 0.1) is 19.1 Å². The van der Waals surface area contributed by atoms with E-state index in [1.54, 1.807) is 0 Å². The first-order chi connectivity index (χ1) is 14.7. The molecule has 2 heterocycles. The predicted molar refractivity (Wildman–Crippen MR) is 118 cm³/mol. The van der Waals surface area contributed by atoms with Crippen LogP contribution in [-0.4, -0.2) is 67.6 Å². The Hall–Kier alpha value is -1.92. The fraction of sp³-hybridized carbons (Fsp3) is 0.667. The van der Waals surface area contributed by atoms with Gasteiger partial charge in [-0.25, -0.2) is 0 Å². The van der Waals surface area contributed by atoms with Crippen molar-refractivity contribution in [1.82, 2.24) is 15.1 Å². The molecule has 2 aliphatic heterocycles. The van der Waals surface area contributed by atoms with Gasteiger partial charge in [0.25, 0.3) is 5.91 Å². The molecule has 0 bridgehead atoms. The van der Waals surface area contributed by atoms with Gasteiger partial charge >= 0.3 is 0 Å². The number of nitrogens with one attached hydrogen (secondary N) is 1. The molecule has 1 atom stereocenters. The van der Waals surface area contributed by atoms with E-state index >= 15 is 0 Å².